The number of ketones is 1. The fourth-order valence-corrected chi connectivity index (χ4v) is 4.95. The number of aliphatic hydroxyl groups is 2. The maximum Gasteiger partial charge on any atom is 0.309 e. The molecule has 10 heteroatoms. The highest BCUT2D eigenvalue weighted by atomic mass is 32.1. The zero-order chi connectivity index (χ0) is 26.1. The maximum atomic E-state index is 15.2. The summed E-state index contributed by atoms with van der Waals surface area (Å²) in [4.78, 5) is 30.1. The second kappa shape index (κ2) is 10.7. The lowest BCUT2D eigenvalue weighted by atomic mass is 9.74. The number of Topliss-reactive ketones (excluding diaryl/α,β-unsaturated/α-hetero) is 1. The van der Waals surface area contributed by atoms with Crippen molar-refractivity contribution in [3.63, 3.8) is 0 Å². The molecule has 0 aromatic carbocycles. The number of carbonyl (C=O) groups excluding carboxylic acids is 2. The molecule has 0 bridgehead atoms. The molecule has 3 rings (SSSR count). The Morgan fingerprint density at radius 1 is 1.26 bits per heavy atom. The largest absolute Gasteiger partial charge is 0.455 e. The Labute approximate surface area is 209 Å². The van der Waals surface area contributed by atoms with Crippen LogP contribution in [0.2, 0.25) is 0 Å². The minimum Gasteiger partial charge on any atom is -0.455 e. The van der Waals surface area contributed by atoms with Gasteiger partial charge in [-0.25, -0.2) is 9.37 Å². The van der Waals surface area contributed by atoms with E-state index in [1.54, 1.807) is 19.2 Å². The number of carbonyl (C=O) groups is 2. The first-order valence-electron chi connectivity index (χ1n) is 11.9. The number of epoxide rings is 1. The van der Waals surface area contributed by atoms with E-state index in [2.05, 4.69) is 4.98 Å². The fraction of sp³-hybridized carbons (Fsp3) is 0.720. The molecule has 0 saturated carbocycles. The standard InChI is InChI=1S/C25H36FNO7S/c1-13-22(30)14(2)32-8-7-25(6)20(34-25)10-18(17(26)9-16-12-35-15(3)27-16)33-21(29)11-19(28)24(4,5)23(13)31/h9,12-14,18-20,22,28,30H,7-8,10-11H2,1-6H3/t13-,14-,18+,19+,20-,22+,25-/m1/s1. The molecule has 0 spiro atoms. The highest BCUT2D eigenvalue weighted by molar-refractivity contribution is 7.09. The number of aliphatic hydroxyl groups excluding tert-OH is 2. The fourth-order valence-electron chi connectivity index (χ4n) is 4.38. The lowest BCUT2D eigenvalue weighted by Gasteiger charge is -2.34. The summed E-state index contributed by atoms with van der Waals surface area (Å²) in [6.45, 7) is 10.2. The molecule has 2 aliphatic rings. The summed E-state index contributed by atoms with van der Waals surface area (Å²) in [6, 6.07) is 0. The molecule has 1 aromatic heterocycles. The van der Waals surface area contributed by atoms with Crippen LogP contribution in [0, 0.1) is 18.3 Å². The lowest BCUT2D eigenvalue weighted by Crippen LogP contribution is -2.47. The molecule has 2 saturated heterocycles. The summed E-state index contributed by atoms with van der Waals surface area (Å²) < 4.78 is 32.3. The van der Waals surface area contributed by atoms with Gasteiger partial charge in [0.25, 0.3) is 0 Å². The molecule has 0 radical (unpaired) electrons. The summed E-state index contributed by atoms with van der Waals surface area (Å²) in [5, 5.41) is 23.9. The summed E-state index contributed by atoms with van der Waals surface area (Å²) in [7, 11) is 0. The second-order valence-electron chi connectivity index (χ2n) is 10.4. The van der Waals surface area contributed by atoms with Crippen molar-refractivity contribution in [3.8, 4) is 0 Å². The molecule has 7 atom stereocenters. The average molecular weight is 514 g/mol. The molecule has 0 amide bonds. The number of halogens is 1. The minimum atomic E-state index is -1.39. The van der Waals surface area contributed by atoms with E-state index in [-0.39, 0.29) is 19.1 Å². The zero-order valence-electron chi connectivity index (χ0n) is 21.1. The number of aryl methyl sites for hydroxylation is 1. The second-order valence-corrected chi connectivity index (χ2v) is 11.4. The lowest BCUT2D eigenvalue weighted by molar-refractivity contribution is -0.156. The van der Waals surface area contributed by atoms with Crippen molar-refractivity contribution < 1.29 is 38.4 Å². The quantitative estimate of drug-likeness (QED) is 0.457. The first kappa shape index (κ1) is 27.9. The SMILES string of the molecule is Cc1nc(C=C(F)[C@@H]2C[C@H]3O[C@]3(C)CCO[C@H](C)[C@@H](O)[C@@H](C)C(=O)C(C)(C)[C@@H](O)CC(=O)O2)cs1. The van der Waals surface area contributed by atoms with E-state index in [0.717, 1.165) is 5.01 Å². The predicted octanol–water partition coefficient (Wildman–Crippen LogP) is 3.37. The molecule has 0 unspecified atom stereocenters. The molecule has 2 aliphatic heterocycles. The summed E-state index contributed by atoms with van der Waals surface area (Å²) in [6.07, 6.45) is -3.40. The number of thiazole rings is 1. The van der Waals surface area contributed by atoms with E-state index < -0.39 is 65.4 Å². The van der Waals surface area contributed by atoms with Crippen LogP contribution in [0.15, 0.2) is 11.2 Å². The van der Waals surface area contributed by atoms with Gasteiger partial charge in [0.2, 0.25) is 0 Å². The zero-order valence-corrected chi connectivity index (χ0v) is 21.9. The van der Waals surface area contributed by atoms with Gasteiger partial charge in [0, 0.05) is 30.7 Å². The Balaban J connectivity index is 1.85. The van der Waals surface area contributed by atoms with Crippen molar-refractivity contribution in [2.45, 2.75) is 96.9 Å². The van der Waals surface area contributed by atoms with Crippen molar-refractivity contribution in [2.24, 2.45) is 11.3 Å². The molecular weight excluding hydrogens is 477 g/mol. The Morgan fingerprint density at radius 3 is 2.57 bits per heavy atom. The van der Waals surface area contributed by atoms with Gasteiger partial charge >= 0.3 is 5.97 Å². The van der Waals surface area contributed by atoms with Crippen LogP contribution in [0.5, 0.6) is 0 Å². The maximum absolute atomic E-state index is 15.2. The Kier molecular flexibility index (Phi) is 8.53. The van der Waals surface area contributed by atoms with E-state index in [0.29, 0.717) is 12.1 Å². The van der Waals surface area contributed by atoms with E-state index in [9.17, 15) is 19.8 Å². The Morgan fingerprint density at radius 2 is 1.94 bits per heavy atom. The molecule has 35 heavy (non-hydrogen) atoms. The molecule has 1 aromatic rings. The molecule has 8 nitrogen and oxygen atoms in total. The number of rotatable bonds is 2. The third-order valence-corrected chi connectivity index (χ3v) is 7.97. The van der Waals surface area contributed by atoms with Gasteiger partial charge in [-0.3, -0.25) is 9.59 Å². The molecule has 2 fully saturated rings. The van der Waals surface area contributed by atoms with E-state index in [1.165, 1.54) is 31.3 Å². The topological polar surface area (TPSA) is 118 Å². The number of nitrogens with zero attached hydrogens (tertiary/aromatic N) is 1. The van der Waals surface area contributed by atoms with Crippen LogP contribution in [0.4, 0.5) is 4.39 Å². The van der Waals surface area contributed by atoms with Crippen LogP contribution >= 0.6 is 11.3 Å². The van der Waals surface area contributed by atoms with Gasteiger partial charge in [0.05, 0.1) is 52.6 Å². The van der Waals surface area contributed by atoms with Crippen LogP contribution in [-0.2, 0) is 23.8 Å². The van der Waals surface area contributed by atoms with Crippen LogP contribution < -0.4 is 0 Å². The molecule has 3 heterocycles. The Bertz CT molecular complexity index is 963. The number of cyclic esters (lactones) is 1. The van der Waals surface area contributed by atoms with Crippen molar-refractivity contribution in [1.82, 2.24) is 4.98 Å². The monoisotopic (exact) mass is 513 g/mol. The van der Waals surface area contributed by atoms with Gasteiger partial charge in [-0.15, -0.1) is 11.3 Å². The van der Waals surface area contributed by atoms with Gasteiger partial charge in [-0.05, 0) is 26.8 Å². The first-order chi connectivity index (χ1) is 16.2. The van der Waals surface area contributed by atoms with Crippen molar-refractivity contribution in [2.75, 3.05) is 6.61 Å². The predicted molar refractivity (Wildman–Crippen MR) is 128 cm³/mol. The number of aromatic nitrogens is 1. The van der Waals surface area contributed by atoms with Gasteiger partial charge in [-0.1, -0.05) is 20.8 Å². The number of esters is 1. The van der Waals surface area contributed by atoms with Gasteiger partial charge in [0.15, 0.2) is 6.10 Å². The number of fused-ring (bicyclic) bond motifs is 1. The van der Waals surface area contributed by atoms with Crippen LogP contribution in [0.1, 0.15) is 64.6 Å². The molecule has 196 valence electrons. The number of ether oxygens (including phenoxy) is 3. The van der Waals surface area contributed by atoms with Crippen LogP contribution in [0.25, 0.3) is 6.08 Å². The smallest absolute Gasteiger partial charge is 0.309 e. The highest BCUT2D eigenvalue weighted by Crippen LogP contribution is 2.44. The Hall–Kier alpha value is -1.72. The van der Waals surface area contributed by atoms with E-state index in [1.807, 2.05) is 13.8 Å². The third-order valence-electron chi connectivity index (χ3n) is 7.18. The van der Waals surface area contributed by atoms with Gasteiger partial charge in [-0.2, -0.15) is 0 Å². The number of hydrogen-bond acceptors (Lipinski definition) is 9. The summed E-state index contributed by atoms with van der Waals surface area (Å²) >= 11 is 1.38. The molecule has 0 aliphatic carbocycles. The third kappa shape index (κ3) is 6.54. The molecule has 2 N–H and O–H groups in total. The van der Waals surface area contributed by atoms with Crippen molar-refractivity contribution in [1.29, 1.82) is 0 Å². The highest BCUT2D eigenvalue weighted by Gasteiger charge is 2.53. The number of hydrogen-bond donors (Lipinski definition) is 2. The average Bonchev–Trinajstić information content (AvgIpc) is 3.22. The summed E-state index contributed by atoms with van der Waals surface area (Å²) in [5.41, 5.74) is -1.52. The van der Waals surface area contributed by atoms with Crippen molar-refractivity contribution >= 4 is 29.2 Å². The first-order valence-corrected chi connectivity index (χ1v) is 12.8. The summed E-state index contributed by atoms with van der Waals surface area (Å²) in [5.74, 6) is -2.75. The van der Waals surface area contributed by atoms with Crippen LogP contribution in [0.3, 0.4) is 0 Å². The van der Waals surface area contributed by atoms with Crippen LogP contribution in [-0.4, -0.2) is 69.7 Å². The van der Waals surface area contributed by atoms with Crippen molar-refractivity contribution in [3.05, 3.63) is 21.9 Å². The van der Waals surface area contributed by atoms with E-state index in [4.69, 9.17) is 14.2 Å². The molecular formula is C25H36FNO7S. The van der Waals surface area contributed by atoms with E-state index >= 15 is 4.39 Å². The normalized spacial score (nSPS) is 37.5. The van der Waals surface area contributed by atoms with Gasteiger partial charge in [0.1, 0.15) is 11.6 Å². The minimum absolute atomic E-state index is 0.0846. The van der Waals surface area contributed by atoms with Gasteiger partial charge < -0.3 is 24.4 Å².